The van der Waals surface area contributed by atoms with Crippen molar-refractivity contribution in [2.45, 2.75) is 46.7 Å². The number of ether oxygens (including phenoxy) is 8. The van der Waals surface area contributed by atoms with Crippen molar-refractivity contribution in [2.24, 2.45) is 0 Å². The van der Waals surface area contributed by atoms with Gasteiger partial charge in [-0.15, -0.1) is 0 Å². The van der Waals surface area contributed by atoms with Gasteiger partial charge in [0.15, 0.2) is 34.0 Å². The first-order valence-electron chi connectivity index (χ1n) is 19.9. The van der Waals surface area contributed by atoms with E-state index >= 15 is 0 Å². The second kappa shape index (κ2) is 24.2. The number of hydrogen-bond acceptors (Lipinski definition) is 18. The fourth-order valence-corrected chi connectivity index (χ4v) is 5.79. The molecule has 64 heavy (non-hydrogen) atoms. The molecule has 338 valence electrons. The fraction of sp³-hybridized carbons (Fsp3) is 0.318. The molecule has 0 aliphatic heterocycles. The highest BCUT2D eigenvalue weighted by molar-refractivity contribution is 5.84. The molecular formula is C44H52N10O10. The summed E-state index contributed by atoms with van der Waals surface area (Å²) in [6.07, 6.45) is 0.996. The van der Waals surface area contributed by atoms with Crippen LogP contribution in [-0.4, -0.2) is 98.6 Å². The van der Waals surface area contributed by atoms with Crippen molar-refractivity contribution in [3.8, 4) is 29.8 Å². The third kappa shape index (κ3) is 13.2. The second-order valence-corrected chi connectivity index (χ2v) is 13.4. The molecule has 0 bridgehead atoms. The Bertz CT molecular complexity index is 2540. The van der Waals surface area contributed by atoms with E-state index in [1.165, 1.54) is 0 Å². The first-order valence-corrected chi connectivity index (χ1v) is 19.9. The van der Waals surface area contributed by atoms with Crippen LogP contribution in [0, 0.1) is 0 Å². The minimum absolute atomic E-state index is 0. The lowest BCUT2D eigenvalue weighted by Gasteiger charge is -2.10. The molecule has 0 amide bonds. The molecule has 20 heteroatoms. The Morgan fingerprint density at radius 2 is 1.00 bits per heavy atom. The largest absolute Gasteiger partial charge is 0.521 e. The number of nitrogen functional groups attached to an aromatic ring is 2. The van der Waals surface area contributed by atoms with Crippen LogP contribution < -0.4 is 35.2 Å². The third-order valence-corrected chi connectivity index (χ3v) is 8.80. The molecule has 7 rings (SSSR count). The maximum absolute atomic E-state index is 12.4. The zero-order valence-electron chi connectivity index (χ0n) is 35.0. The quantitative estimate of drug-likeness (QED) is 0.0477. The maximum atomic E-state index is 12.4. The van der Waals surface area contributed by atoms with Crippen molar-refractivity contribution >= 4 is 46.3 Å². The second-order valence-electron chi connectivity index (χ2n) is 13.4. The van der Waals surface area contributed by atoms with E-state index in [1.807, 2.05) is 66.7 Å². The molecule has 3 aromatic carbocycles. The van der Waals surface area contributed by atoms with Crippen LogP contribution in [0.1, 0.15) is 44.7 Å². The van der Waals surface area contributed by atoms with Crippen LogP contribution in [0.5, 0.6) is 29.8 Å². The van der Waals surface area contributed by atoms with E-state index in [0.29, 0.717) is 48.9 Å². The van der Waals surface area contributed by atoms with Crippen LogP contribution in [0.3, 0.4) is 0 Å². The van der Waals surface area contributed by atoms with Gasteiger partial charge in [-0.25, -0.2) is 9.59 Å². The van der Waals surface area contributed by atoms with Gasteiger partial charge in [-0.2, -0.15) is 29.9 Å². The van der Waals surface area contributed by atoms with Gasteiger partial charge in [-0.1, -0.05) is 106 Å². The van der Waals surface area contributed by atoms with E-state index < -0.39 is 12.3 Å². The Hall–Kier alpha value is -7.58. The lowest BCUT2D eigenvalue weighted by molar-refractivity contribution is 0.0930. The molecule has 0 aliphatic carbocycles. The first kappa shape index (κ1) is 47.5. The molecule has 0 spiro atoms. The van der Waals surface area contributed by atoms with Gasteiger partial charge in [0, 0.05) is 14.2 Å². The molecule has 4 aromatic heterocycles. The number of anilines is 2. The standard InChI is InChI=1S/C22H21N5O5.C21H27N5O5.CH4/c1-29-12-13-30-20-25-18(23)17-19(26-20)27(14-15-8-4-2-5-9-15)21(24-17)32-22(28)31-16-10-6-3-7-11-16;1-3-4-8-11-30-21(27)31-20-23-16-17(22)24-19(29-13-12-28-2)25-18(16)26(20)14-15-9-6-5-7-10-15;/h2-11H,12-14H2,1H3,(H2,23,25,26);5-7,9-10H,3-4,8,11-14H2,1-2H3,(H2,22,24,25);1H4. The summed E-state index contributed by atoms with van der Waals surface area (Å²) in [7, 11) is 3.14. The van der Waals surface area contributed by atoms with Gasteiger partial charge in [-0.05, 0) is 29.7 Å². The van der Waals surface area contributed by atoms with Crippen LogP contribution in [0.15, 0.2) is 91.0 Å². The van der Waals surface area contributed by atoms with Gasteiger partial charge >= 0.3 is 36.4 Å². The van der Waals surface area contributed by atoms with Gasteiger partial charge in [-0.3, -0.25) is 9.13 Å². The summed E-state index contributed by atoms with van der Waals surface area (Å²) in [6.45, 7) is 4.28. The molecule has 4 heterocycles. The van der Waals surface area contributed by atoms with Crippen molar-refractivity contribution in [1.82, 2.24) is 39.0 Å². The van der Waals surface area contributed by atoms with Crippen LogP contribution in [-0.2, 0) is 27.3 Å². The summed E-state index contributed by atoms with van der Waals surface area (Å²) >= 11 is 0. The summed E-state index contributed by atoms with van der Waals surface area (Å²) in [5.41, 5.74) is 15.4. The Balaban J connectivity index is 0.000000237. The van der Waals surface area contributed by atoms with Gasteiger partial charge in [0.05, 0.1) is 32.9 Å². The highest BCUT2D eigenvalue weighted by Crippen LogP contribution is 2.29. The number of imidazole rings is 2. The Kier molecular flexibility index (Phi) is 17.9. The zero-order chi connectivity index (χ0) is 44.4. The SMILES string of the molecule is C.CCCCCOC(=O)Oc1nc2c(N)nc(OCCOC)nc2n1Cc1ccccc1.COCCOc1nc(N)c2nc(OC(=O)Oc3ccccc3)n(Cc3ccccc3)c2n1. The average Bonchev–Trinajstić information content (AvgIpc) is 3.80. The zero-order valence-corrected chi connectivity index (χ0v) is 35.0. The van der Waals surface area contributed by atoms with Gasteiger partial charge in [0.25, 0.3) is 0 Å². The van der Waals surface area contributed by atoms with E-state index in [9.17, 15) is 9.59 Å². The Morgan fingerprint density at radius 3 is 1.45 bits per heavy atom. The van der Waals surface area contributed by atoms with Crippen LogP contribution >= 0.6 is 0 Å². The number of aromatic nitrogens is 8. The number of fused-ring (bicyclic) bond motifs is 2. The first-order chi connectivity index (χ1) is 30.8. The lowest BCUT2D eigenvalue weighted by Crippen LogP contribution is -2.17. The maximum Gasteiger partial charge on any atom is 0.521 e. The Morgan fingerprint density at radius 1 is 0.547 bits per heavy atom. The van der Waals surface area contributed by atoms with Crippen molar-refractivity contribution in [2.75, 3.05) is 58.7 Å². The molecule has 0 saturated carbocycles. The number of para-hydroxylation sites is 1. The summed E-state index contributed by atoms with van der Waals surface area (Å²) in [4.78, 5) is 50.3. The summed E-state index contributed by atoms with van der Waals surface area (Å²) < 4.78 is 45.4. The van der Waals surface area contributed by atoms with Crippen LogP contribution in [0.25, 0.3) is 22.3 Å². The number of carbonyl (C=O) groups excluding carboxylic acids is 2. The minimum Gasteiger partial charge on any atom is -0.461 e. The molecule has 0 aliphatic rings. The predicted molar refractivity (Wildman–Crippen MR) is 237 cm³/mol. The summed E-state index contributed by atoms with van der Waals surface area (Å²) in [5, 5.41) is 0. The number of methoxy groups -OCH3 is 2. The number of benzene rings is 3. The number of hydrogen-bond donors (Lipinski definition) is 2. The number of nitrogens with two attached hydrogens (primary N) is 2. The topological polar surface area (TPSA) is 247 Å². The number of unbranched alkanes of at least 4 members (excludes halogenated alkanes) is 2. The van der Waals surface area contributed by atoms with E-state index in [1.54, 1.807) is 47.6 Å². The third-order valence-electron chi connectivity index (χ3n) is 8.80. The number of nitrogens with zero attached hydrogens (tertiary/aromatic N) is 8. The Labute approximate surface area is 369 Å². The molecule has 4 N–H and O–H groups in total. The average molecular weight is 881 g/mol. The molecule has 0 unspecified atom stereocenters. The summed E-state index contributed by atoms with van der Waals surface area (Å²) in [6, 6.07) is 27.9. The van der Waals surface area contributed by atoms with Crippen LogP contribution in [0.2, 0.25) is 0 Å². The van der Waals surface area contributed by atoms with Gasteiger partial charge in [0.2, 0.25) is 0 Å². The molecule has 0 atom stereocenters. The van der Waals surface area contributed by atoms with Crippen molar-refractivity contribution in [3.05, 3.63) is 102 Å². The van der Waals surface area contributed by atoms with Crippen molar-refractivity contribution < 1.29 is 47.5 Å². The van der Waals surface area contributed by atoms with E-state index in [2.05, 4.69) is 36.8 Å². The molecule has 0 fully saturated rings. The predicted octanol–water partition coefficient (Wildman–Crippen LogP) is 6.88. The lowest BCUT2D eigenvalue weighted by atomic mass is 10.2. The van der Waals surface area contributed by atoms with Gasteiger partial charge in [0.1, 0.15) is 19.0 Å². The van der Waals surface area contributed by atoms with E-state index in [4.69, 9.17) is 49.4 Å². The summed E-state index contributed by atoms with van der Waals surface area (Å²) in [5.74, 6) is 0.553. The van der Waals surface area contributed by atoms with E-state index in [-0.39, 0.29) is 68.4 Å². The minimum atomic E-state index is -0.941. The van der Waals surface area contributed by atoms with Gasteiger partial charge < -0.3 is 49.4 Å². The highest BCUT2D eigenvalue weighted by atomic mass is 16.7. The normalized spacial score (nSPS) is 10.7. The van der Waals surface area contributed by atoms with E-state index in [0.717, 1.165) is 30.4 Å². The fourth-order valence-electron chi connectivity index (χ4n) is 5.79. The van der Waals surface area contributed by atoms with Crippen molar-refractivity contribution in [1.29, 1.82) is 0 Å². The molecule has 7 aromatic rings. The smallest absolute Gasteiger partial charge is 0.461 e. The monoisotopic (exact) mass is 880 g/mol. The number of carbonyl (C=O) groups is 2. The molecule has 0 saturated heterocycles. The molecule has 0 radical (unpaired) electrons. The van der Waals surface area contributed by atoms with Crippen LogP contribution in [0.4, 0.5) is 21.2 Å². The highest BCUT2D eigenvalue weighted by Gasteiger charge is 2.23. The molecule has 20 nitrogen and oxygen atoms in total. The molecular weight excluding hydrogens is 829 g/mol. The number of rotatable bonds is 19. The van der Waals surface area contributed by atoms with Crippen molar-refractivity contribution in [3.63, 3.8) is 0 Å².